The normalized spacial score (nSPS) is 12.8. The van der Waals surface area contributed by atoms with Gasteiger partial charge in [-0.3, -0.25) is 4.57 Å². The van der Waals surface area contributed by atoms with Crippen LogP contribution >= 0.6 is 11.8 Å². The van der Waals surface area contributed by atoms with Gasteiger partial charge in [0.2, 0.25) is 5.89 Å². The number of aromatic nitrogens is 5. The topological polar surface area (TPSA) is 82.8 Å². The third-order valence-corrected chi connectivity index (χ3v) is 4.66. The molecule has 0 N–H and O–H groups in total. The zero-order valence-corrected chi connectivity index (χ0v) is 15.8. The Morgan fingerprint density at radius 1 is 1.24 bits per heavy atom. The van der Waals surface area contributed by atoms with Crippen LogP contribution in [0.25, 0.3) is 11.6 Å². The summed E-state index contributed by atoms with van der Waals surface area (Å²) in [5, 5.41) is 13.5. The molecule has 8 heteroatoms. The minimum Gasteiger partial charge on any atom is -0.461 e. The molecule has 0 aliphatic carbocycles. The van der Waals surface area contributed by atoms with Crippen molar-refractivity contribution in [2.45, 2.75) is 57.5 Å². The van der Waals surface area contributed by atoms with Gasteiger partial charge in [-0.2, -0.15) is 4.98 Å². The molecule has 0 radical (unpaired) electrons. The lowest BCUT2D eigenvalue weighted by Gasteiger charge is -2.12. The highest BCUT2D eigenvalue weighted by Gasteiger charge is 2.22. The molecule has 0 amide bonds. The lowest BCUT2D eigenvalue weighted by Crippen LogP contribution is -2.08. The first-order valence-electron chi connectivity index (χ1n) is 8.54. The monoisotopic (exact) mass is 361 g/mol. The van der Waals surface area contributed by atoms with E-state index in [1.165, 1.54) is 0 Å². The Labute approximate surface area is 151 Å². The molecule has 1 unspecified atom stereocenters. The van der Waals surface area contributed by atoms with Crippen molar-refractivity contribution in [3.05, 3.63) is 30.1 Å². The Morgan fingerprint density at radius 3 is 2.76 bits per heavy atom. The minimum atomic E-state index is -0.00216. The first kappa shape index (κ1) is 17.7. The average Bonchev–Trinajstić information content (AvgIpc) is 3.29. The SMILES string of the molecule is CCCc1noc(C(C)Sc2nnc(-c3ccco3)n2CC(C)C)n1. The van der Waals surface area contributed by atoms with E-state index in [4.69, 9.17) is 8.94 Å². The van der Waals surface area contributed by atoms with Crippen LogP contribution in [0.15, 0.2) is 32.5 Å². The molecule has 0 saturated carbocycles. The number of nitrogens with zero attached hydrogens (tertiary/aromatic N) is 5. The van der Waals surface area contributed by atoms with Crippen LogP contribution in [-0.4, -0.2) is 24.9 Å². The molecule has 0 aliphatic rings. The summed E-state index contributed by atoms with van der Waals surface area (Å²) in [6.07, 6.45) is 3.47. The molecule has 3 heterocycles. The lowest BCUT2D eigenvalue weighted by atomic mass is 10.2. The van der Waals surface area contributed by atoms with Gasteiger partial charge in [-0.25, -0.2) is 0 Å². The number of rotatable bonds is 8. The number of hydrogen-bond acceptors (Lipinski definition) is 7. The number of furan rings is 1. The van der Waals surface area contributed by atoms with Gasteiger partial charge in [-0.1, -0.05) is 37.7 Å². The summed E-state index contributed by atoms with van der Waals surface area (Å²) in [4.78, 5) is 4.47. The standard InChI is InChI=1S/C17H23N5O2S/c1-5-7-14-18-16(24-21-14)12(4)25-17-20-19-15(13-8-6-9-23-13)22(17)10-11(2)3/h6,8-9,11-12H,5,7,10H2,1-4H3. The van der Waals surface area contributed by atoms with E-state index in [9.17, 15) is 0 Å². The smallest absolute Gasteiger partial charge is 0.239 e. The Morgan fingerprint density at radius 2 is 2.08 bits per heavy atom. The van der Waals surface area contributed by atoms with Crippen molar-refractivity contribution >= 4 is 11.8 Å². The second-order valence-corrected chi connectivity index (χ2v) is 7.65. The molecule has 3 rings (SSSR count). The summed E-state index contributed by atoms with van der Waals surface area (Å²) >= 11 is 1.57. The summed E-state index contributed by atoms with van der Waals surface area (Å²) in [6, 6.07) is 3.75. The highest BCUT2D eigenvalue weighted by Crippen LogP contribution is 2.35. The van der Waals surface area contributed by atoms with Gasteiger partial charge >= 0.3 is 0 Å². The summed E-state index contributed by atoms with van der Waals surface area (Å²) in [7, 11) is 0. The van der Waals surface area contributed by atoms with Gasteiger partial charge in [-0.05, 0) is 31.4 Å². The molecule has 7 nitrogen and oxygen atoms in total. The fraction of sp³-hybridized carbons (Fsp3) is 0.529. The Hall–Kier alpha value is -2.09. The quantitative estimate of drug-likeness (QED) is 0.550. The van der Waals surface area contributed by atoms with Crippen molar-refractivity contribution in [3.8, 4) is 11.6 Å². The summed E-state index contributed by atoms with van der Waals surface area (Å²) in [6.45, 7) is 9.27. The molecule has 3 aromatic rings. The maximum atomic E-state index is 5.50. The highest BCUT2D eigenvalue weighted by molar-refractivity contribution is 7.99. The fourth-order valence-corrected chi connectivity index (χ4v) is 3.35. The van der Waals surface area contributed by atoms with E-state index in [0.717, 1.165) is 42.0 Å². The molecular weight excluding hydrogens is 338 g/mol. The molecule has 0 saturated heterocycles. The second kappa shape index (κ2) is 7.86. The largest absolute Gasteiger partial charge is 0.461 e. The van der Waals surface area contributed by atoms with Crippen LogP contribution in [0.4, 0.5) is 0 Å². The maximum absolute atomic E-state index is 5.50. The van der Waals surface area contributed by atoms with Crippen molar-refractivity contribution in [3.63, 3.8) is 0 Å². The summed E-state index contributed by atoms with van der Waals surface area (Å²) < 4.78 is 13.0. The molecule has 25 heavy (non-hydrogen) atoms. The first-order valence-corrected chi connectivity index (χ1v) is 9.42. The molecule has 0 aliphatic heterocycles. The predicted molar refractivity (Wildman–Crippen MR) is 95.1 cm³/mol. The van der Waals surface area contributed by atoms with E-state index in [1.807, 2.05) is 19.1 Å². The van der Waals surface area contributed by atoms with E-state index < -0.39 is 0 Å². The fourth-order valence-electron chi connectivity index (χ4n) is 2.46. The van der Waals surface area contributed by atoms with Crippen LogP contribution < -0.4 is 0 Å². The molecule has 134 valence electrons. The van der Waals surface area contributed by atoms with Crippen LogP contribution in [0.3, 0.4) is 0 Å². The van der Waals surface area contributed by atoms with Crippen molar-refractivity contribution < 1.29 is 8.94 Å². The van der Waals surface area contributed by atoms with Gasteiger partial charge in [0, 0.05) is 13.0 Å². The van der Waals surface area contributed by atoms with Crippen LogP contribution in [0.1, 0.15) is 51.1 Å². The van der Waals surface area contributed by atoms with E-state index >= 15 is 0 Å². The molecular formula is C17H23N5O2S. The van der Waals surface area contributed by atoms with Gasteiger partial charge in [-0.15, -0.1) is 10.2 Å². The van der Waals surface area contributed by atoms with Crippen molar-refractivity contribution in [2.75, 3.05) is 0 Å². The van der Waals surface area contributed by atoms with Gasteiger partial charge in [0.1, 0.15) is 0 Å². The van der Waals surface area contributed by atoms with Gasteiger partial charge in [0.15, 0.2) is 22.6 Å². The minimum absolute atomic E-state index is 0.00216. The Bertz CT molecular complexity index is 794. The summed E-state index contributed by atoms with van der Waals surface area (Å²) in [5.41, 5.74) is 0. The molecule has 0 aromatic carbocycles. The third-order valence-electron chi connectivity index (χ3n) is 3.59. The van der Waals surface area contributed by atoms with E-state index in [-0.39, 0.29) is 5.25 Å². The van der Waals surface area contributed by atoms with Crippen LogP contribution in [0.5, 0.6) is 0 Å². The van der Waals surface area contributed by atoms with E-state index in [0.29, 0.717) is 11.8 Å². The Kier molecular flexibility index (Phi) is 5.57. The van der Waals surface area contributed by atoms with Crippen molar-refractivity contribution in [1.82, 2.24) is 24.9 Å². The highest BCUT2D eigenvalue weighted by atomic mass is 32.2. The number of aryl methyl sites for hydroxylation is 1. The van der Waals surface area contributed by atoms with Gasteiger partial charge in [0.25, 0.3) is 0 Å². The van der Waals surface area contributed by atoms with E-state index in [2.05, 4.69) is 45.7 Å². The van der Waals surface area contributed by atoms with Crippen molar-refractivity contribution in [2.24, 2.45) is 5.92 Å². The zero-order valence-electron chi connectivity index (χ0n) is 15.0. The van der Waals surface area contributed by atoms with Crippen molar-refractivity contribution in [1.29, 1.82) is 0 Å². The first-order chi connectivity index (χ1) is 12.1. The molecule has 1 atom stereocenters. The maximum Gasteiger partial charge on any atom is 0.239 e. The zero-order chi connectivity index (χ0) is 17.8. The number of thioether (sulfide) groups is 1. The number of hydrogen-bond donors (Lipinski definition) is 0. The van der Waals surface area contributed by atoms with Crippen LogP contribution in [0, 0.1) is 5.92 Å². The van der Waals surface area contributed by atoms with Gasteiger partial charge < -0.3 is 8.94 Å². The lowest BCUT2D eigenvalue weighted by molar-refractivity contribution is 0.374. The third kappa shape index (κ3) is 4.12. The van der Waals surface area contributed by atoms with Crippen LogP contribution in [-0.2, 0) is 13.0 Å². The predicted octanol–water partition coefficient (Wildman–Crippen LogP) is 4.38. The second-order valence-electron chi connectivity index (χ2n) is 6.35. The van der Waals surface area contributed by atoms with E-state index in [1.54, 1.807) is 18.0 Å². The average molecular weight is 361 g/mol. The molecule has 3 aromatic heterocycles. The van der Waals surface area contributed by atoms with Gasteiger partial charge in [0.05, 0.1) is 11.5 Å². The summed E-state index contributed by atoms with van der Waals surface area (Å²) in [5.74, 6) is 3.29. The molecule has 0 spiro atoms. The van der Waals surface area contributed by atoms with Crippen LogP contribution in [0.2, 0.25) is 0 Å². The Balaban J connectivity index is 1.83. The molecule has 0 bridgehead atoms. The molecule has 0 fully saturated rings.